The first-order valence-corrected chi connectivity index (χ1v) is 8.54. The Bertz CT molecular complexity index is 597. The first kappa shape index (κ1) is 25.8. The molecule has 0 aromatic rings. The number of carbonyl (C=O) groups excluding carboxylic acids is 5. The first-order chi connectivity index (χ1) is 13.7. The van der Waals surface area contributed by atoms with E-state index in [1.165, 1.54) is 0 Å². The van der Waals surface area contributed by atoms with Gasteiger partial charge in [0.05, 0.1) is 52.7 Å². The van der Waals surface area contributed by atoms with E-state index in [-0.39, 0.29) is 25.7 Å². The van der Waals surface area contributed by atoms with Crippen molar-refractivity contribution in [3.8, 4) is 0 Å². The van der Waals surface area contributed by atoms with Crippen molar-refractivity contribution in [1.82, 2.24) is 0 Å². The van der Waals surface area contributed by atoms with Crippen LogP contribution in [0.1, 0.15) is 38.5 Å². The number of aliphatic carboxylic acids is 1. The second kappa shape index (κ2) is 14.8. The van der Waals surface area contributed by atoms with Crippen molar-refractivity contribution in [3.63, 3.8) is 0 Å². The smallest absolute Gasteiger partial charge is 0.306 e. The molecule has 29 heavy (non-hydrogen) atoms. The predicted molar refractivity (Wildman–Crippen MR) is 91.2 cm³/mol. The lowest BCUT2D eigenvalue weighted by molar-refractivity contribution is -0.168. The van der Waals surface area contributed by atoms with Crippen LogP contribution >= 0.6 is 0 Å². The van der Waals surface area contributed by atoms with Gasteiger partial charge in [0, 0.05) is 0 Å². The van der Waals surface area contributed by atoms with Crippen LogP contribution in [0.3, 0.4) is 0 Å². The van der Waals surface area contributed by atoms with E-state index in [2.05, 4.69) is 9.47 Å². The summed E-state index contributed by atoms with van der Waals surface area (Å²) in [4.78, 5) is 67.4. The molecule has 0 heterocycles. The summed E-state index contributed by atoms with van der Waals surface area (Å²) in [5.41, 5.74) is 0. The fourth-order valence-corrected chi connectivity index (χ4v) is 1.70. The number of methoxy groups -OCH3 is 2. The molecular weight excluding hydrogens is 396 g/mol. The number of carboxylic acid groups (broad SMARTS) is 1. The van der Waals surface area contributed by atoms with Crippen molar-refractivity contribution >= 4 is 35.8 Å². The van der Waals surface area contributed by atoms with Crippen LogP contribution in [-0.4, -0.2) is 74.5 Å². The minimum absolute atomic E-state index is 0.205. The molecule has 12 heteroatoms. The van der Waals surface area contributed by atoms with Crippen molar-refractivity contribution in [2.24, 2.45) is 0 Å². The maximum absolute atomic E-state index is 11.8. The van der Waals surface area contributed by atoms with Crippen LogP contribution in [0.2, 0.25) is 0 Å². The number of carbonyl (C=O) groups is 6. The molecule has 0 aliphatic heterocycles. The molecule has 0 rings (SSSR count). The van der Waals surface area contributed by atoms with E-state index in [0.717, 1.165) is 14.2 Å². The van der Waals surface area contributed by atoms with Crippen molar-refractivity contribution in [2.45, 2.75) is 44.6 Å². The van der Waals surface area contributed by atoms with Crippen LogP contribution < -0.4 is 0 Å². The molecule has 1 N–H and O–H groups in total. The molecule has 0 aromatic carbocycles. The molecule has 0 fully saturated rings. The molecule has 0 amide bonds. The number of ether oxygens (including phenoxy) is 5. The Labute approximate surface area is 166 Å². The summed E-state index contributed by atoms with van der Waals surface area (Å²) in [5.74, 6) is -4.88. The number of hydrogen-bond donors (Lipinski definition) is 1. The third kappa shape index (κ3) is 14.5. The van der Waals surface area contributed by atoms with Gasteiger partial charge in [0.25, 0.3) is 0 Å². The zero-order valence-corrected chi connectivity index (χ0v) is 16.2. The first-order valence-electron chi connectivity index (χ1n) is 8.54. The molecule has 1 atom stereocenters. The number of hydrogen-bond acceptors (Lipinski definition) is 11. The molecule has 0 aliphatic rings. The van der Waals surface area contributed by atoms with Gasteiger partial charge in [0.1, 0.15) is 13.2 Å². The summed E-state index contributed by atoms with van der Waals surface area (Å²) in [6.45, 7) is -0.969. The molecule has 0 spiro atoms. The Balaban J connectivity index is 4.60. The van der Waals surface area contributed by atoms with Gasteiger partial charge in [-0.1, -0.05) is 0 Å². The van der Waals surface area contributed by atoms with Crippen LogP contribution in [-0.2, 0) is 52.5 Å². The number of rotatable bonds is 14. The maximum atomic E-state index is 11.8. The third-order valence-corrected chi connectivity index (χ3v) is 3.22. The van der Waals surface area contributed by atoms with Crippen molar-refractivity contribution < 1.29 is 57.6 Å². The Morgan fingerprint density at radius 1 is 0.621 bits per heavy atom. The molecule has 1 unspecified atom stereocenters. The zero-order valence-electron chi connectivity index (χ0n) is 16.2. The van der Waals surface area contributed by atoms with Gasteiger partial charge in [0.2, 0.25) is 0 Å². The Morgan fingerprint density at radius 3 is 1.41 bits per heavy atom. The fraction of sp³-hybridized carbons (Fsp3) is 0.647. The van der Waals surface area contributed by atoms with E-state index in [1.807, 2.05) is 0 Å². The van der Waals surface area contributed by atoms with E-state index < -0.39 is 68.0 Å². The van der Waals surface area contributed by atoms with Crippen LogP contribution in [0.4, 0.5) is 0 Å². The highest BCUT2D eigenvalue weighted by molar-refractivity contribution is 5.78. The normalized spacial score (nSPS) is 11.0. The van der Waals surface area contributed by atoms with Crippen LogP contribution in [0.15, 0.2) is 0 Å². The van der Waals surface area contributed by atoms with Gasteiger partial charge in [-0.3, -0.25) is 28.8 Å². The SMILES string of the molecule is COC(=O)CCC(=O)OCC(COC(=O)CCC(=O)O)OC(=O)CCC(=O)OC. The minimum atomic E-state index is -1.19. The lowest BCUT2D eigenvalue weighted by Gasteiger charge is -2.18. The zero-order chi connectivity index (χ0) is 22.2. The third-order valence-electron chi connectivity index (χ3n) is 3.22. The monoisotopic (exact) mass is 420 g/mol. The van der Waals surface area contributed by atoms with Gasteiger partial charge in [-0.25, -0.2) is 0 Å². The number of esters is 5. The lowest BCUT2D eigenvalue weighted by atomic mass is 10.3. The van der Waals surface area contributed by atoms with E-state index in [1.54, 1.807) is 0 Å². The molecule has 0 bridgehead atoms. The van der Waals surface area contributed by atoms with Gasteiger partial charge < -0.3 is 28.8 Å². The van der Waals surface area contributed by atoms with Gasteiger partial charge in [0.15, 0.2) is 6.10 Å². The largest absolute Gasteiger partial charge is 0.481 e. The van der Waals surface area contributed by atoms with E-state index in [4.69, 9.17) is 19.3 Å². The summed E-state index contributed by atoms with van der Waals surface area (Å²) in [6, 6.07) is 0. The quantitative estimate of drug-likeness (QED) is 0.289. The van der Waals surface area contributed by atoms with E-state index >= 15 is 0 Å². The van der Waals surface area contributed by atoms with Gasteiger partial charge >= 0.3 is 35.8 Å². The minimum Gasteiger partial charge on any atom is -0.481 e. The predicted octanol–water partition coefficient (Wildman–Crippen LogP) is -0.244. The molecular formula is C17H24O12. The molecule has 0 radical (unpaired) electrons. The van der Waals surface area contributed by atoms with Crippen LogP contribution in [0.25, 0.3) is 0 Å². The summed E-state index contributed by atoms with van der Waals surface area (Å²) >= 11 is 0. The molecule has 0 saturated carbocycles. The average molecular weight is 420 g/mol. The Hall–Kier alpha value is -3.18. The fourth-order valence-electron chi connectivity index (χ4n) is 1.70. The molecule has 0 saturated heterocycles. The van der Waals surface area contributed by atoms with Crippen molar-refractivity contribution in [2.75, 3.05) is 27.4 Å². The van der Waals surface area contributed by atoms with Gasteiger partial charge in [-0.2, -0.15) is 0 Å². The number of carboxylic acids is 1. The summed E-state index contributed by atoms with van der Waals surface area (Å²) < 4.78 is 23.5. The van der Waals surface area contributed by atoms with E-state index in [9.17, 15) is 28.8 Å². The second-order valence-corrected chi connectivity index (χ2v) is 5.52. The molecule has 12 nitrogen and oxygen atoms in total. The standard InChI is InChI=1S/C17H24O12/c1-25-13(20)5-7-16(23)28-10-11(9-27-15(22)4-3-12(18)19)29-17(24)8-6-14(21)26-2/h11H,3-10H2,1-2H3,(H,18,19). The summed E-state index contributed by atoms with van der Waals surface area (Å²) in [6.07, 6.45) is -3.04. The van der Waals surface area contributed by atoms with Crippen LogP contribution in [0.5, 0.6) is 0 Å². The summed E-state index contributed by atoms with van der Waals surface area (Å²) in [5, 5.41) is 8.53. The van der Waals surface area contributed by atoms with Crippen molar-refractivity contribution in [1.29, 1.82) is 0 Å². The average Bonchev–Trinajstić information content (AvgIpc) is 2.70. The Kier molecular flexibility index (Phi) is 13.2. The molecule has 164 valence electrons. The highest BCUT2D eigenvalue weighted by atomic mass is 16.6. The maximum Gasteiger partial charge on any atom is 0.306 e. The second-order valence-electron chi connectivity index (χ2n) is 5.52. The van der Waals surface area contributed by atoms with E-state index in [0.29, 0.717) is 0 Å². The highest BCUT2D eigenvalue weighted by Gasteiger charge is 2.21. The summed E-state index contributed by atoms with van der Waals surface area (Å²) in [7, 11) is 2.32. The Morgan fingerprint density at radius 2 is 1.00 bits per heavy atom. The molecule has 0 aliphatic carbocycles. The topological polar surface area (TPSA) is 169 Å². The van der Waals surface area contributed by atoms with Crippen LogP contribution in [0, 0.1) is 0 Å². The highest BCUT2D eigenvalue weighted by Crippen LogP contribution is 2.05. The van der Waals surface area contributed by atoms with Gasteiger partial charge in [-0.05, 0) is 0 Å². The lowest BCUT2D eigenvalue weighted by Crippen LogP contribution is -2.31. The van der Waals surface area contributed by atoms with Gasteiger partial charge in [-0.15, -0.1) is 0 Å². The molecule has 0 aromatic heterocycles. The van der Waals surface area contributed by atoms with Crippen molar-refractivity contribution in [3.05, 3.63) is 0 Å².